The Balaban J connectivity index is 1.87. The summed E-state index contributed by atoms with van der Waals surface area (Å²) in [5.41, 5.74) is 1.02. The number of carbonyl (C=O) groups is 1. The smallest absolute Gasteiger partial charge is 0.243 e. The van der Waals surface area contributed by atoms with E-state index in [0.717, 1.165) is 15.6 Å². The Bertz CT molecular complexity index is 838. The molecule has 1 amide bonds. The summed E-state index contributed by atoms with van der Waals surface area (Å²) in [5, 5.41) is 0. The van der Waals surface area contributed by atoms with Crippen LogP contribution in [0.15, 0.2) is 59.5 Å². The van der Waals surface area contributed by atoms with Gasteiger partial charge in [-0.1, -0.05) is 36.4 Å². The number of rotatable bonds is 8. The standard InChI is InChI=1S/C19H24N2O4S/c1-16-9-7-8-12-18(16)25-14-13-20(2)19(22)15-21(3)26(23,24)17-10-5-4-6-11-17/h4-12H,13-15H2,1-3H3. The fraction of sp³-hybridized carbons (Fsp3) is 0.316. The molecule has 2 aromatic rings. The quantitative estimate of drug-likeness (QED) is 0.708. The third-order valence-electron chi connectivity index (χ3n) is 4.01. The van der Waals surface area contributed by atoms with E-state index in [-0.39, 0.29) is 17.3 Å². The van der Waals surface area contributed by atoms with Crippen LogP contribution in [0.4, 0.5) is 0 Å². The van der Waals surface area contributed by atoms with Crippen molar-refractivity contribution in [3.05, 3.63) is 60.2 Å². The van der Waals surface area contributed by atoms with Gasteiger partial charge >= 0.3 is 0 Å². The van der Waals surface area contributed by atoms with Crippen molar-refractivity contribution in [1.82, 2.24) is 9.21 Å². The van der Waals surface area contributed by atoms with Gasteiger partial charge in [-0.2, -0.15) is 4.31 Å². The van der Waals surface area contributed by atoms with Crippen LogP contribution in [-0.4, -0.2) is 57.3 Å². The van der Waals surface area contributed by atoms with Gasteiger partial charge in [0.2, 0.25) is 15.9 Å². The molecule has 0 aliphatic carbocycles. The first-order chi connectivity index (χ1) is 12.3. The molecule has 0 N–H and O–H groups in total. The maximum Gasteiger partial charge on any atom is 0.243 e. The highest BCUT2D eigenvalue weighted by Gasteiger charge is 2.23. The van der Waals surface area contributed by atoms with Crippen molar-refractivity contribution in [2.45, 2.75) is 11.8 Å². The van der Waals surface area contributed by atoms with E-state index in [4.69, 9.17) is 4.74 Å². The lowest BCUT2D eigenvalue weighted by molar-refractivity contribution is -0.130. The highest BCUT2D eigenvalue weighted by Crippen LogP contribution is 2.16. The van der Waals surface area contributed by atoms with Crippen LogP contribution in [0.5, 0.6) is 5.75 Å². The van der Waals surface area contributed by atoms with Crippen LogP contribution in [0.3, 0.4) is 0 Å². The minimum absolute atomic E-state index is 0.167. The Kier molecular flexibility index (Phi) is 6.76. The lowest BCUT2D eigenvalue weighted by Crippen LogP contribution is -2.40. The summed E-state index contributed by atoms with van der Waals surface area (Å²) in [4.78, 5) is 13.9. The number of benzene rings is 2. The number of ether oxygens (including phenoxy) is 1. The topological polar surface area (TPSA) is 66.9 Å². The third kappa shape index (κ3) is 5.06. The summed E-state index contributed by atoms with van der Waals surface area (Å²) in [6, 6.07) is 15.7. The fourth-order valence-corrected chi connectivity index (χ4v) is 3.45. The van der Waals surface area contributed by atoms with Gasteiger partial charge in [0.05, 0.1) is 18.0 Å². The van der Waals surface area contributed by atoms with Crippen molar-refractivity contribution in [2.24, 2.45) is 0 Å². The molecule has 0 heterocycles. The number of amides is 1. The Labute approximate surface area is 155 Å². The molecule has 0 aromatic heterocycles. The van der Waals surface area contributed by atoms with Crippen LogP contribution >= 0.6 is 0 Å². The summed E-state index contributed by atoms with van der Waals surface area (Å²) in [5.74, 6) is 0.484. The van der Waals surface area contributed by atoms with Gasteiger partial charge in [-0.05, 0) is 30.7 Å². The van der Waals surface area contributed by atoms with Crippen molar-refractivity contribution >= 4 is 15.9 Å². The number of nitrogens with zero attached hydrogens (tertiary/aromatic N) is 2. The third-order valence-corrected chi connectivity index (χ3v) is 5.83. The van der Waals surface area contributed by atoms with Crippen LogP contribution in [0.2, 0.25) is 0 Å². The molecule has 7 heteroatoms. The average molecular weight is 376 g/mol. The molecule has 0 fully saturated rings. The highest BCUT2D eigenvalue weighted by atomic mass is 32.2. The van der Waals surface area contributed by atoms with Gasteiger partial charge in [0.15, 0.2) is 0 Å². The van der Waals surface area contributed by atoms with Crippen molar-refractivity contribution in [3.8, 4) is 5.75 Å². The van der Waals surface area contributed by atoms with Crippen LogP contribution in [0, 0.1) is 6.92 Å². The minimum atomic E-state index is -3.68. The van der Waals surface area contributed by atoms with E-state index in [1.807, 2.05) is 31.2 Å². The predicted octanol–water partition coefficient (Wildman–Crippen LogP) is 2.15. The van der Waals surface area contributed by atoms with Gasteiger partial charge in [0.25, 0.3) is 0 Å². The van der Waals surface area contributed by atoms with Crippen molar-refractivity contribution in [1.29, 1.82) is 0 Å². The molecule has 0 saturated carbocycles. The van der Waals surface area contributed by atoms with Gasteiger partial charge in [0.1, 0.15) is 12.4 Å². The second-order valence-corrected chi connectivity index (χ2v) is 8.05. The SMILES string of the molecule is Cc1ccccc1OCCN(C)C(=O)CN(C)S(=O)(=O)c1ccccc1. The maximum atomic E-state index is 12.5. The van der Waals surface area contributed by atoms with Crippen molar-refractivity contribution in [3.63, 3.8) is 0 Å². The number of hydrogen-bond donors (Lipinski definition) is 0. The van der Waals surface area contributed by atoms with Crippen molar-refractivity contribution < 1.29 is 17.9 Å². The number of likely N-dealkylation sites (N-methyl/N-ethyl adjacent to an activating group) is 2. The molecule has 0 spiro atoms. The average Bonchev–Trinajstić information content (AvgIpc) is 2.63. The molecule has 0 bridgehead atoms. The Morgan fingerprint density at radius 2 is 1.62 bits per heavy atom. The Morgan fingerprint density at radius 3 is 2.27 bits per heavy atom. The zero-order chi connectivity index (χ0) is 19.2. The molecule has 0 saturated heterocycles. The van der Waals surface area contributed by atoms with Crippen LogP contribution in [0.25, 0.3) is 0 Å². The van der Waals surface area contributed by atoms with E-state index in [2.05, 4.69) is 0 Å². The lowest BCUT2D eigenvalue weighted by Gasteiger charge is -2.22. The monoisotopic (exact) mass is 376 g/mol. The van der Waals surface area contributed by atoms with E-state index < -0.39 is 10.0 Å². The summed E-state index contributed by atoms with van der Waals surface area (Å²) < 4.78 is 31.6. The zero-order valence-corrected chi connectivity index (χ0v) is 16.1. The normalized spacial score (nSPS) is 11.4. The van der Waals surface area contributed by atoms with Gasteiger partial charge in [-0.25, -0.2) is 8.42 Å². The largest absolute Gasteiger partial charge is 0.491 e. The predicted molar refractivity (Wildman–Crippen MR) is 101 cm³/mol. The van der Waals surface area contributed by atoms with E-state index in [0.29, 0.717) is 13.2 Å². The number of hydrogen-bond acceptors (Lipinski definition) is 4. The van der Waals surface area contributed by atoms with E-state index in [9.17, 15) is 13.2 Å². The first kappa shape index (κ1) is 19.9. The molecule has 0 unspecified atom stereocenters. The second kappa shape index (κ2) is 8.82. The summed E-state index contributed by atoms with van der Waals surface area (Å²) in [7, 11) is -0.650. The van der Waals surface area contributed by atoms with Crippen molar-refractivity contribution in [2.75, 3.05) is 33.8 Å². The molecule has 0 radical (unpaired) electrons. The summed E-state index contributed by atoms with van der Waals surface area (Å²) in [6.07, 6.45) is 0. The summed E-state index contributed by atoms with van der Waals surface area (Å²) in [6.45, 7) is 2.43. The number of sulfonamides is 1. The highest BCUT2D eigenvalue weighted by molar-refractivity contribution is 7.89. The molecule has 0 atom stereocenters. The Morgan fingerprint density at radius 1 is 1.00 bits per heavy atom. The summed E-state index contributed by atoms with van der Waals surface area (Å²) >= 11 is 0. The molecule has 0 aliphatic rings. The van der Waals surface area contributed by atoms with E-state index in [1.165, 1.54) is 24.1 Å². The first-order valence-corrected chi connectivity index (χ1v) is 9.70. The minimum Gasteiger partial charge on any atom is -0.491 e. The van der Waals surface area contributed by atoms with Crippen LogP contribution in [-0.2, 0) is 14.8 Å². The molecule has 6 nitrogen and oxygen atoms in total. The van der Waals surface area contributed by atoms with E-state index in [1.54, 1.807) is 25.2 Å². The molecule has 140 valence electrons. The number of aryl methyl sites for hydroxylation is 1. The number of para-hydroxylation sites is 1. The number of carbonyl (C=O) groups excluding carboxylic acids is 1. The van der Waals surface area contributed by atoms with Gasteiger partial charge in [0, 0.05) is 14.1 Å². The first-order valence-electron chi connectivity index (χ1n) is 8.26. The molecule has 0 aliphatic heterocycles. The van der Waals surface area contributed by atoms with Crippen LogP contribution < -0.4 is 4.74 Å². The van der Waals surface area contributed by atoms with Crippen LogP contribution in [0.1, 0.15) is 5.56 Å². The molecular formula is C19H24N2O4S. The molecule has 2 rings (SSSR count). The maximum absolute atomic E-state index is 12.5. The fourth-order valence-electron chi connectivity index (χ4n) is 2.30. The molecule has 26 heavy (non-hydrogen) atoms. The van der Waals surface area contributed by atoms with Gasteiger partial charge in [-0.15, -0.1) is 0 Å². The van der Waals surface area contributed by atoms with Gasteiger partial charge in [-0.3, -0.25) is 4.79 Å². The zero-order valence-electron chi connectivity index (χ0n) is 15.3. The van der Waals surface area contributed by atoms with E-state index >= 15 is 0 Å². The molecular weight excluding hydrogens is 352 g/mol. The second-order valence-electron chi connectivity index (χ2n) is 6.00. The molecule has 2 aromatic carbocycles. The van der Waals surface area contributed by atoms with Gasteiger partial charge < -0.3 is 9.64 Å². The lowest BCUT2D eigenvalue weighted by atomic mass is 10.2. The Hall–Kier alpha value is -2.38.